The standard InChI is InChI=1S/C30H33N3O5S/c1-5-38-29(35)26-19(2)31-30-33(27(26)23-14-13-22(36-3)18-24(23)37-4)28(34)25(39-30)17-20-9-11-21(12-10-20)32-15-7-6-8-16-32/h9-14,17-18,27H,5-8,15-16H2,1-4H3/b25-17+/t27-/m1/s1. The van der Waals surface area contributed by atoms with Crippen LogP contribution in [0.5, 0.6) is 11.5 Å². The highest BCUT2D eigenvalue weighted by Gasteiger charge is 2.35. The molecular formula is C30H33N3O5S. The molecule has 1 fully saturated rings. The first-order valence-electron chi connectivity index (χ1n) is 13.2. The molecule has 9 heteroatoms. The maximum absolute atomic E-state index is 13.9. The molecule has 0 unspecified atom stereocenters. The summed E-state index contributed by atoms with van der Waals surface area (Å²) in [4.78, 5) is 34.7. The van der Waals surface area contributed by atoms with Crippen LogP contribution in [0.25, 0.3) is 6.08 Å². The van der Waals surface area contributed by atoms with Gasteiger partial charge in [0.25, 0.3) is 5.56 Å². The molecule has 2 aliphatic heterocycles. The Morgan fingerprint density at radius 1 is 1.08 bits per heavy atom. The van der Waals surface area contributed by atoms with Crippen LogP contribution in [-0.4, -0.2) is 44.5 Å². The molecule has 2 aromatic carbocycles. The zero-order valence-electron chi connectivity index (χ0n) is 22.7. The number of methoxy groups -OCH3 is 2. The minimum atomic E-state index is -0.759. The van der Waals surface area contributed by atoms with Crippen LogP contribution in [0.2, 0.25) is 0 Å². The van der Waals surface area contributed by atoms with E-state index in [1.807, 2.05) is 24.3 Å². The molecule has 0 N–H and O–H groups in total. The van der Waals surface area contributed by atoms with Gasteiger partial charge in [-0.05, 0) is 69.0 Å². The van der Waals surface area contributed by atoms with Gasteiger partial charge in [-0.3, -0.25) is 9.36 Å². The molecule has 0 aliphatic carbocycles. The van der Waals surface area contributed by atoms with E-state index in [1.165, 1.54) is 36.3 Å². The molecule has 2 aliphatic rings. The lowest BCUT2D eigenvalue weighted by Gasteiger charge is -2.28. The van der Waals surface area contributed by atoms with Gasteiger partial charge in [0, 0.05) is 30.4 Å². The van der Waals surface area contributed by atoms with Crippen LogP contribution in [0.4, 0.5) is 5.69 Å². The lowest BCUT2D eigenvalue weighted by molar-refractivity contribution is -0.139. The van der Waals surface area contributed by atoms with E-state index in [2.05, 4.69) is 22.0 Å². The van der Waals surface area contributed by atoms with E-state index in [0.717, 1.165) is 18.7 Å². The first-order valence-corrected chi connectivity index (χ1v) is 14.0. The monoisotopic (exact) mass is 547 g/mol. The Kier molecular flexibility index (Phi) is 7.88. The van der Waals surface area contributed by atoms with E-state index >= 15 is 0 Å². The largest absolute Gasteiger partial charge is 0.497 e. The summed E-state index contributed by atoms with van der Waals surface area (Å²) in [5.74, 6) is 0.595. The third kappa shape index (κ3) is 5.23. The summed E-state index contributed by atoms with van der Waals surface area (Å²) in [6, 6.07) is 12.9. The van der Waals surface area contributed by atoms with Gasteiger partial charge in [0.2, 0.25) is 0 Å². The van der Waals surface area contributed by atoms with Gasteiger partial charge in [-0.1, -0.05) is 23.5 Å². The summed E-state index contributed by atoms with van der Waals surface area (Å²) in [6.07, 6.45) is 5.61. The molecule has 204 valence electrons. The summed E-state index contributed by atoms with van der Waals surface area (Å²) < 4.78 is 18.5. The van der Waals surface area contributed by atoms with E-state index in [0.29, 0.717) is 37.7 Å². The van der Waals surface area contributed by atoms with Crippen molar-refractivity contribution >= 4 is 29.1 Å². The summed E-state index contributed by atoms with van der Waals surface area (Å²) >= 11 is 1.31. The predicted octanol–water partition coefficient (Wildman–Crippen LogP) is 3.81. The van der Waals surface area contributed by atoms with Crippen molar-refractivity contribution < 1.29 is 19.0 Å². The van der Waals surface area contributed by atoms with Gasteiger partial charge in [-0.15, -0.1) is 0 Å². The highest BCUT2D eigenvalue weighted by atomic mass is 32.1. The van der Waals surface area contributed by atoms with Crippen LogP contribution in [0, 0.1) is 0 Å². The lowest BCUT2D eigenvalue weighted by Crippen LogP contribution is -2.40. The van der Waals surface area contributed by atoms with Gasteiger partial charge in [0.05, 0.1) is 36.6 Å². The van der Waals surface area contributed by atoms with E-state index in [9.17, 15) is 9.59 Å². The molecule has 0 saturated carbocycles. The Morgan fingerprint density at radius 2 is 1.82 bits per heavy atom. The van der Waals surface area contributed by atoms with Crippen molar-refractivity contribution in [1.82, 2.24) is 4.57 Å². The number of hydrogen-bond donors (Lipinski definition) is 0. The third-order valence-corrected chi connectivity index (χ3v) is 8.15. The molecule has 0 amide bonds. The van der Waals surface area contributed by atoms with Gasteiger partial charge >= 0.3 is 5.97 Å². The van der Waals surface area contributed by atoms with E-state index in [1.54, 1.807) is 44.8 Å². The normalized spacial score (nSPS) is 17.5. The fourth-order valence-corrected chi connectivity index (χ4v) is 6.26. The summed E-state index contributed by atoms with van der Waals surface area (Å²) in [5.41, 5.74) is 3.38. The Bertz CT molecular complexity index is 1580. The number of rotatable bonds is 7. The van der Waals surface area contributed by atoms with Crippen molar-refractivity contribution in [1.29, 1.82) is 0 Å². The number of carbonyl (C=O) groups excluding carboxylic acids is 1. The first kappa shape index (κ1) is 26.7. The van der Waals surface area contributed by atoms with Gasteiger partial charge in [0.1, 0.15) is 17.5 Å². The zero-order valence-corrected chi connectivity index (χ0v) is 23.5. The second-order valence-corrected chi connectivity index (χ2v) is 10.6. The number of allylic oxidation sites excluding steroid dienone is 1. The lowest BCUT2D eigenvalue weighted by atomic mass is 9.95. The fraction of sp³-hybridized carbons (Fsp3) is 0.367. The topological polar surface area (TPSA) is 82.4 Å². The maximum Gasteiger partial charge on any atom is 0.338 e. The van der Waals surface area contributed by atoms with Crippen LogP contribution in [-0.2, 0) is 9.53 Å². The molecular weight excluding hydrogens is 514 g/mol. The number of aromatic nitrogens is 1. The summed E-state index contributed by atoms with van der Waals surface area (Å²) in [6.45, 7) is 5.89. The highest BCUT2D eigenvalue weighted by molar-refractivity contribution is 7.07. The molecule has 3 heterocycles. The van der Waals surface area contributed by atoms with E-state index in [4.69, 9.17) is 14.2 Å². The van der Waals surface area contributed by atoms with E-state index < -0.39 is 12.0 Å². The maximum atomic E-state index is 13.9. The molecule has 0 spiro atoms. The number of hydrogen-bond acceptors (Lipinski definition) is 8. The summed E-state index contributed by atoms with van der Waals surface area (Å²) in [7, 11) is 3.13. The molecule has 1 aromatic heterocycles. The minimum Gasteiger partial charge on any atom is -0.497 e. The van der Waals surface area contributed by atoms with Gasteiger partial charge < -0.3 is 19.1 Å². The second-order valence-electron chi connectivity index (χ2n) is 9.55. The molecule has 0 bridgehead atoms. The smallest absolute Gasteiger partial charge is 0.338 e. The number of anilines is 1. The Labute approximate surface area is 231 Å². The quantitative estimate of drug-likeness (QED) is 0.419. The molecule has 5 rings (SSSR count). The highest BCUT2D eigenvalue weighted by Crippen LogP contribution is 2.37. The molecule has 1 atom stereocenters. The van der Waals surface area contributed by atoms with Crippen LogP contribution in [0.15, 0.2) is 63.5 Å². The molecule has 39 heavy (non-hydrogen) atoms. The second kappa shape index (κ2) is 11.5. The average Bonchev–Trinajstić information content (AvgIpc) is 3.26. The number of piperidine rings is 1. The van der Waals surface area contributed by atoms with Crippen molar-refractivity contribution in [2.24, 2.45) is 4.99 Å². The van der Waals surface area contributed by atoms with Crippen LogP contribution >= 0.6 is 11.3 Å². The fourth-order valence-electron chi connectivity index (χ4n) is 5.21. The van der Waals surface area contributed by atoms with Gasteiger partial charge in [-0.25, -0.2) is 9.79 Å². The molecule has 0 radical (unpaired) electrons. The number of carbonyl (C=O) groups is 1. The summed E-state index contributed by atoms with van der Waals surface area (Å²) in [5, 5.41) is 0. The Hall–Kier alpha value is -3.85. The number of nitrogens with zero attached hydrogens (tertiary/aromatic N) is 3. The Morgan fingerprint density at radius 3 is 2.49 bits per heavy atom. The van der Waals surface area contributed by atoms with Crippen molar-refractivity contribution in [2.45, 2.75) is 39.2 Å². The molecule has 3 aromatic rings. The SMILES string of the molecule is CCOC(=O)C1=C(C)N=c2s/c(=C/c3ccc(N4CCCCC4)cc3)c(=O)n2[C@@H]1c1ccc(OC)cc1OC. The average molecular weight is 548 g/mol. The van der Waals surface area contributed by atoms with Gasteiger partial charge in [0.15, 0.2) is 4.80 Å². The van der Waals surface area contributed by atoms with Crippen molar-refractivity contribution in [2.75, 3.05) is 38.8 Å². The number of benzene rings is 2. The van der Waals surface area contributed by atoms with Crippen LogP contribution in [0.3, 0.4) is 0 Å². The van der Waals surface area contributed by atoms with Crippen LogP contribution in [0.1, 0.15) is 50.3 Å². The predicted molar refractivity (Wildman–Crippen MR) is 152 cm³/mol. The van der Waals surface area contributed by atoms with Crippen LogP contribution < -0.4 is 29.3 Å². The van der Waals surface area contributed by atoms with Crippen molar-refractivity contribution in [3.05, 3.63) is 84.5 Å². The molecule has 8 nitrogen and oxygen atoms in total. The number of esters is 1. The van der Waals surface area contributed by atoms with Crippen molar-refractivity contribution in [3.63, 3.8) is 0 Å². The third-order valence-electron chi connectivity index (χ3n) is 7.16. The van der Waals surface area contributed by atoms with Gasteiger partial charge in [-0.2, -0.15) is 0 Å². The first-order chi connectivity index (χ1) is 18.9. The van der Waals surface area contributed by atoms with E-state index in [-0.39, 0.29) is 12.2 Å². The minimum absolute atomic E-state index is 0.208. The molecule has 1 saturated heterocycles. The number of ether oxygens (including phenoxy) is 3. The Balaban J connectivity index is 1.62. The number of fused-ring (bicyclic) bond motifs is 1. The van der Waals surface area contributed by atoms with Crippen molar-refractivity contribution in [3.8, 4) is 11.5 Å². The zero-order chi connectivity index (χ0) is 27.5. The number of thiazole rings is 1.